The van der Waals surface area contributed by atoms with Crippen molar-refractivity contribution in [3.8, 4) is 22.5 Å². The van der Waals surface area contributed by atoms with Crippen molar-refractivity contribution in [3.63, 3.8) is 0 Å². The van der Waals surface area contributed by atoms with E-state index in [-0.39, 0.29) is 0 Å². The maximum absolute atomic E-state index is 4.23. The summed E-state index contributed by atoms with van der Waals surface area (Å²) in [6, 6.07) is 3.95. The predicted octanol–water partition coefficient (Wildman–Crippen LogP) is 1.81. The Kier molecular flexibility index (Phi) is 3.10. The average molecular weight is 218 g/mol. The summed E-state index contributed by atoms with van der Waals surface area (Å²) in [7, 11) is 0. The Bertz CT molecular complexity index is 475. The predicted molar refractivity (Wildman–Crippen MR) is 59.2 cm³/mol. The van der Waals surface area contributed by atoms with Gasteiger partial charge in [0.25, 0.3) is 0 Å². The molecule has 0 aromatic carbocycles. The van der Waals surface area contributed by atoms with Crippen LogP contribution in [0.15, 0.2) is 17.5 Å². The fourth-order valence-corrected chi connectivity index (χ4v) is 1.71. The molecule has 0 aliphatic heterocycles. The minimum Gasteiger partial charge on any atom is -0.152 e. The molecule has 0 unspecified atom stereocenters. The molecule has 0 bridgehead atoms. The van der Waals surface area contributed by atoms with E-state index in [1.54, 1.807) is 11.3 Å². The van der Waals surface area contributed by atoms with Crippen LogP contribution in [0.2, 0.25) is 0 Å². The van der Waals surface area contributed by atoms with Gasteiger partial charge in [-0.2, -0.15) is 4.80 Å². The standard InChI is InChI=1S/C10H10N4S/c1-2-3-4-7-14-12-10(11-13-14)9-6-5-8-15-9/h5-6,8H,2,7H2,1H3. The van der Waals surface area contributed by atoms with E-state index in [4.69, 9.17) is 0 Å². The van der Waals surface area contributed by atoms with Gasteiger partial charge in [-0.05, 0) is 16.7 Å². The zero-order valence-electron chi connectivity index (χ0n) is 8.34. The third-order valence-corrected chi connectivity index (χ3v) is 2.58. The molecule has 0 aliphatic rings. The first kappa shape index (κ1) is 9.87. The van der Waals surface area contributed by atoms with Gasteiger partial charge in [0.2, 0.25) is 5.82 Å². The number of hydrogen-bond acceptors (Lipinski definition) is 4. The highest BCUT2D eigenvalue weighted by Crippen LogP contribution is 2.19. The fourth-order valence-electron chi connectivity index (χ4n) is 1.07. The lowest BCUT2D eigenvalue weighted by molar-refractivity contribution is 0.592. The molecule has 2 rings (SSSR count). The minimum atomic E-state index is 0.506. The van der Waals surface area contributed by atoms with Crippen molar-refractivity contribution in [3.05, 3.63) is 17.5 Å². The second-order valence-electron chi connectivity index (χ2n) is 2.83. The average Bonchev–Trinajstić information content (AvgIpc) is 2.87. The molecule has 76 valence electrons. The zero-order valence-corrected chi connectivity index (χ0v) is 9.16. The van der Waals surface area contributed by atoms with Crippen LogP contribution in [0.4, 0.5) is 0 Å². The van der Waals surface area contributed by atoms with E-state index < -0.39 is 0 Å². The van der Waals surface area contributed by atoms with E-state index in [1.165, 1.54) is 4.80 Å². The number of rotatable bonds is 2. The Morgan fingerprint density at radius 2 is 2.40 bits per heavy atom. The normalized spacial score (nSPS) is 9.67. The van der Waals surface area contributed by atoms with Crippen LogP contribution in [0.5, 0.6) is 0 Å². The van der Waals surface area contributed by atoms with Crippen molar-refractivity contribution in [1.29, 1.82) is 0 Å². The van der Waals surface area contributed by atoms with Gasteiger partial charge in [-0.3, -0.25) is 0 Å². The topological polar surface area (TPSA) is 43.6 Å². The van der Waals surface area contributed by atoms with Gasteiger partial charge in [0, 0.05) is 6.42 Å². The van der Waals surface area contributed by atoms with Gasteiger partial charge in [-0.15, -0.1) is 27.5 Å². The molecule has 0 N–H and O–H groups in total. The molecule has 0 amide bonds. The van der Waals surface area contributed by atoms with E-state index in [9.17, 15) is 0 Å². The van der Waals surface area contributed by atoms with Crippen LogP contribution in [-0.4, -0.2) is 20.2 Å². The van der Waals surface area contributed by atoms with Crippen molar-refractivity contribution >= 4 is 11.3 Å². The Labute approximate surface area is 91.9 Å². The monoisotopic (exact) mass is 218 g/mol. The van der Waals surface area contributed by atoms with E-state index in [0.717, 1.165) is 11.3 Å². The molecule has 0 spiro atoms. The van der Waals surface area contributed by atoms with Crippen molar-refractivity contribution in [2.45, 2.75) is 19.9 Å². The largest absolute Gasteiger partial charge is 0.214 e. The SMILES string of the molecule is CCC#CCn1nnc(-c2cccs2)n1. The second-order valence-corrected chi connectivity index (χ2v) is 3.78. The maximum atomic E-state index is 4.23. The molecule has 0 atom stereocenters. The lowest BCUT2D eigenvalue weighted by Gasteiger charge is -1.87. The molecule has 5 heteroatoms. The molecule has 2 heterocycles. The van der Waals surface area contributed by atoms with Gasteiger partial charge >= 0.3 is 0 Å². The van der Waals surface area contributed by atoms with E-state index in [0.29, 0.717) is 12.4 Å². The second kappa shape index (κ2) is 4.71. The quantitative estimate of drug-likeness (QED) is 0.722. The number of aromatic nitrogens is 4. The molecule has 0 radical (unpaired) electrons. The summed E-state index contributed by atoms with van der Waals surface area (Å²) in [6.07, 6.45) is 0.854. The van der Waals surface area contributed by atoms with Crippen LogP contribution >= 0.6 is 11.3 Å². The fraction of sp³-hybridized carbons (Fsp3) is 0.300. The number of nitrogens with zero attached hydrogens (tertiary/aromatic N) is 4. The molecule has 0 saturated heterocycles. The summed E-state index contributed by atoms with van der Waals surface area (Å²) in [5, 5.41) is 14.1. The summed E-state index contributed by atoms with van der Waals surface area (Å²) >= 11 is 1.60. The van der Waals surface area contributed by atoms with Gasteiger partial charge < -0.3 is 0 Å². The first-order valence-electron chi connectivity index (χ1n) is 4.67. The summed E-state index contributed by atoms with van der Waals surface area (Å²) < 4.78 is 0. The Hall–Kier alpha value is -1.67. The first-order chi connectivity index (χ1) is 7.40. The van der Waals surface area contributed by atoms with E-state index in [1.807, 2.05) is 24.4 Å². The van der Waals surface area contributed by atoms with Crippen molar-refractivity contribution in [2.75, 3.05) is 0 Å². The molecule has 4 nitrogen and oxygen atoms in total. The molecule has 2 aromatic rings. The molecule has 0 saturated carbocycles. The van der Waals surface area contributed by atoms with E-state index in [2.05, 4.69) is 27.3 Å². The summed E-state index contributed by atoms with van der Waals surface area (Å²) in [5.74, 6) is 6.60. The number of thiophene rings is 1. The summed E-state index contributed by atoms with van der Waals surface area (Å²) in [5.41, 5.74) is 0. The summed E-state index contributed by atoms with van der Waals surface area (Å²) in [6.45, 7) is 2.52. The van der Waals surface area contributed by atoms with Crippen molar-refractivity contribution in [1.82, 2.24) is 20.2 Å². The third-order valence-electron chi connectivity index (χ3n) is 1.72. The Balaban J connectivity index is 2.11. The van der Waals surface area contributed by atoms with Crippen LogP contribution in [0.1, 0.15) is 13.3 Å². The summed E-state index contributed by atoms with van der Waals surface area (Å²) in [4.78, 5) is 2.54. The Morgan fingerprint density at radius 3 is 3.13 bits per heavy atom. The smallest absolute Gasteiger partial charge is 0.152 e. The zero-order chi connectivity index (χ0) is 10.5. The molecule has 0 fully saturated rings. The maximum Gasteiger partial charge on any atom is 0.214 e. The van der Waals surface area contributed by atoms with Crippen LogP contribution < -0.4 is 0 Å². The number of tetrazole rings is 1. The number of hydrogen-bond donors (Lipinski definition) is 0. The van der Waals surface area contributed by atoms with E-state index >= 15 is 0 Å². The lowest BCUT2D eigenvalue weighted by Crippen LogP contribution is -2.00. The van der Waals surface area contributed by atoms with Crippen molar-refractivity contribution in [2.24, 2.45) is 0 Å². The molecular weight excluding hydrogens is 208 g/mol. The van der Waals surface area contributed by atoms with Crippen LogP contribution in [0, 0.1) is 11.8 Å². The lowest BCUT2D eigenvalue weighted by atomic mass is 10.4. The molecular formula is C10H10N4S. The van der Waals surface area contributed by atoms with Gasteiger partial charge in [0.1, 0.15) is 6.54 Å². The highest BCUT2D eigenvalue weighted by molar-refractivity contribution is 7.13. The van der Waals surface area contributed by atoms with Gasteiger partial charge in [-0.1, -0.05) is 18.9 Å². The van der Waals surface area contributed by atoms with Gasteiger partial charge in [0.05, 0.1) is 4.88 Å². The van der Waals surface area contributed by atoms with Crippen LogP contribution in [0.25, 0.3) is 10.7 Å². The molecule has 2 aromatic heterocycles. The minimum absolute atomic E-state index is 0.506. The first-order valence-corrected chi connectivity index (χ1v) is 5.55. The van der Waals surface area contributed by atoms with Crippen molar-refractivity contribution < 1.29 is 0 Å². The molecule has 0 aliphatic carbocycles. The van der Waals surface area contributed by atoms with Crippen LogP contribution in [-0.2, 0) is 6.54 Å². The van der Waals surface area contributed by atoms with Gasteiger partial charge in [-0.25, -0.2) is 0 Å². The Morgan fingerprint density at radius 1 is 1.47 bits per heavy atom. The highest BCUT2D eigenvalue weighted by atomic mass is 32.1. The third kappa shape index (κ3) is 2.42. The highest BCUT2D eigenvalue weighted by Gasteiger charge is 2.04. The van der Waals surface area contributed by atoms with Gasteiger partial charge in [0.15, 0.2) is 0 Å². The van der Waals surface area contributed by atoms with Crippen LogP contribution in [0.3, 0.4) is 0 Å². The molecule has 15 heavy (non-hydrogen) atoms.